The van der Waals surface area contributed by atoms with Gasteiger partial charge in [0, 0.05) is 36.9 Å². The number of hydrogen-bond acceptors (Lipinski definition) is 2. The SMILES string of the molecule is CC(C)(C)c1cc(Cl)ccc1N1CCNCC1.Cl.Cl. The highest BCUT2D eigenvalue weighted by Crippen LogP contribution is 2.34. The normalized spacial score (nSPS) is 15.5. The fourth-order valence-electron chi connectivity index (χ4n) is 2.29. The van der Waals surface area contributed by atoms with Gasteiger partial charge in [0.05, 0.1) is 0 Å². The molecule has 0 saturated carbocycles. The molecule has 19 heavy (non-hydrogen) atoms. The van der Waals surface area contributed by atoms with E-state index in [1.807, 2.05) is 6.07 Å². The molecule has 0 radical (unpaired) electrons. The van der Waals surface area contributed by atoms with Crippen molar-refractivity contribution in [2.45, 2.75) is 26.2 Å². The Balaban J connectivity index is 0.00000162. The molecule has 0 atom stereocenters. The monoisotopic (exact) mass is 324 g/mol. The highest BCUT2D eigenvalue weighted by Gasteiger charge is 2.22. The van der Waals surface area contributed by atoms with Crippen LogP contribution in [0.4, 0.5) is 5.69 Å². The van der Waals surface area contributed by atoms with Crippen LogP contribution in [0.2, 0.25) is 5.02 Å². The predicted molar refractivity (Wildman–Crippen MR) is 89.7 cm³/mol. The van der Waals surface area contributed by atoms with Crippen LogP contribution in [0.5, 0.6) is 0 Å². The Morgan fingerprint density at radius 2 is 1.68 bits per heavy atom. The average Bonchev–Trinajstić information content (AvgIpc) is 2.29. The van der Waals surface area contributed by atoms with Gasteiger partial charge in [-0.2, -0.15) is 0 Å². The molecule has 1 N–H and O–H groups in total. The highest BCUT2D eigenvalue weighted by atomic mass is 35.5. The summed E-state index contributed by atoms with van der Waals surface area (Å²) in [6.07, 6.45) is 0. The highest BCUT2D eigenvalue weighted by molar-refractivity contribution is 6.30. The first-order valence-electron chi connectivity index (χ1n) is 6.24. The molecule has 0 aromatic heterocycles. The fraction of sp³-hybridized carbons (Fsp3) is 0.571. The molecule has 1 aliphatic rings. The number of anilines is 1. The third kappa shape index (κ3) is 4.71. The maximum atomic E-state index is 6.13. The van der Waals surface area contributed by atoms with E-state index in [0.29, 0.717) is 0 Å². The van der Waals surface area contributed by atoms with Gasteiger partial charge in [-0.15, -0.1) is 24.8 Å². The minimum atomic E-state index is 0. The number of benzene rings is 1. The van der Waals surface area contributed by atoms with Crippen molar-refractivity contribution in [1.29, 1.82) is 0 Å². The van der Waals surface area contributed by atoms with Crippen molar-refractivity contribution >= 4 is 42.1 Å². The van der Waals surface area contributed by atoms with Crippen molar-refractivity contribution in [1.82, 2.24) is 5.32 Å². The molecule has 0 unspecified atom stereocenters. The van der Waals surface area contributed by atoms with Crippen LogP contribution in [0.3, 0.4) is 0 Å². The van der Waals surface area contributed by atoms with Gasteiger partial charge in [-0.3, -0.25) is 0 Å². The second kappa shape index (κ2) is 7.58. The minimum absolute atomic E-state index is 0. The molecular formula is C14H23Cl3N2. The second-order valence-electron chi connectivity index (χ2n) is 5.65. The van der Waals surface area contributed by atoms with E-state index < -0.39 is 0 Å². The predicted octanol–water partition coefficient (Wildman–Crippen LogP) is 3.89. The van der Waals surface area contributed by atoms with Crippen LogP contribution in [-0.4, -0.2) is 26.2 Å². The summed E-state index contributed by atoms with van der Waals surface area (Å²) in [5.74, 6) is 0. The molecule has 0 bridgehead atoms. The topological polar surface area (TPSA) is 15.3 Å². The standard InChI is InChI=1S/C14H21ClN2.2ClH/c1-14(2,3)12-10-11(15)4-5-13(12)17-8-6-16-7-9-17;;/h4-5,10,16H,6-9H2,1-3H3;2*1H. The first-order valence-corrected chi connectivity index (χ1v) is 6.62. The van der Waals surface area contributed by atoms with E-state index in [-0.39, 0.29) is 30.2 Å². The Kier molecular flexibility index (Phi) is 7.52. The van der Waals surface area contributed by atoms with Gasteiger partial charge in [0.1, 0.15) is 0 Å². The molecule has 1 aromatic carbocycles. The molecule has 2 rings (SSSR count). The Morgan fingerprint density at radius 1 is 1.11 bits per heavy atom. The number of halogens is 3. The number of rotatable bonds is 1. The number of hydrogen-bond donors (Lipinski definition) is 1. The summed E-state index contributed by atoms with van der Waals surface area (Å²) >= 11 is 6.13. The Morgan fingerprint density at radius 3 is 2.21 bits per heavy atom. The minimum Gasteiger partial charge on any atom is -0.369 e. The van der Waals surface area contributed by atoms with E-state index in [9.17, 15) is 0 Å². The van der Waals surface area contributed by atoms with Crippen molar-refractivity contribution in [2.24, 2.45) is 0 Å². The van der Waals surface area contributed by atoms with Crippen LogP contribution in [0.25, 0.3) is 0 Å². The summed E-state index contributed by atoms with van der Waals surface area (Å²) in [4.78, 5) is 2.45. The zero-order valence-electron chi connectivity index (χ0n) is 11.7. The number of piperazine rings is 1. The van der Waals surface area contributed by atoms with E-state index in [1.165, 1.54) is 11.3 Å². The lowest BCUT2D eigenvalue weighted by Crippen LogP contribution is -2.44. The Labute approximate surface area is 133 Å². The largest absolute Gasteiger partial charge is 0.369 e. The second-order valence-corrected chi connectivity index (χ2v) is 6.08. The summed E-state index contributed by atoms with van der Waals surface area (Å²) in [6.45, 7) is 11.0. The molecule has 2 nitrogen and oxygen atoms in total. The summed E-state index contributed by atoms with van der Waals surface area (Å²) in [5.41, 5.74) is 2.81. The molecule has 0 aliphatic carbocycles. The molecular weight excluding hydrogens is 303 g/mol. The summed E-state index contributed by atoms with van der Waals surface area (Å²) < 4.78 is 0. The van der Waals surface area contributed by atoms with E-state index in [1.54, 1.807) is 0 Å². The molecule has 1 heterocycles. The quantitative estimate of drug-likeness (QED) is 0.842. The molecule has 0 amide bonds. The van der Waals surface area contributed by atoms with Crippen LogP contribution >= 0.6 is 36.4 Å². The van der Waals surface area contributed by atoms with Crippen LogP contribution in [0, 0.1) is 0 Å². The van der Waals surface area contributed by atoms with Crippen LogP contribution < -0.4 is 10.2 Å². The zero-order chi connectivity index (χ0) is 12.5. The number of nitrogens with one attached hydrogen (secondary N) is 1. The molecule has 110 valence electrons. The van der Waals surface area contributed by atoms with E-state index >= 15 is 0 Å². The maximum absolute atomic E-state index is 6.13. The van der Waals surface area contributed by atoms with Crippen LogP contribution in [0.1, 0.15) is 26.3 Å². The summed E-state index contributed by atoms with van der Waals surface area (Å²) in [6, 6.07) is 6.27. The van der Waals surface area contributed by atoms with Crippen molar-refractivity contribution in [3.05, 3.63) is 28.8 Å². The number of nitrogens with zero attached hydrogens (tertiary/aromatic N) is 1. The third-order valence-corrected chi connectivity index (χ3v) is 3.46. The van der Waals surface area contributed by atoms with Gasteiger partial charge >= 0.3 is 0 Å². The van der Waals surface area contributed by atoms with Crippen molar-refractivity contribution in [3.63, 3.8) is 0 Å². The Bertz CT molecular complexity index is 396. The van der Waals surface area contributed by atoms with Gasteiger partial charge in [-0.25, -0.2) is 0 Å². The smallest absolute Gasteiger partial charge is 0.0410 e. The van der Waals surface area contributed by atoms with E-state index in [2.05, 4.69) is 43.1 Å². The van der Waals surface area contributed by atoms with Crippen molar-refractivity contribution < 1.29 is 0 Å². The van der Waals surface area contributed by atoms with Crippen molar-refractivity contribution in [3.8, 4) is 0 Å². The van der Waals surface area contributed by atoms with Gasteiger partial charge in [0.2, 0.25) is 0 Å². The van der Waals surface area contributed by atoms with Gasteiger partial charge in [-0.1, -0.05) is 32.4 Å². The van der Waals surface area contributed by atoms with Gasteiger partial charge < -0.3 is 10.2 Å². The van der Waals surface area contributed by atoms with E-state index in [0.717, 1.165) is 31.2 Å². The first-order chi connectivity index (χ1) is 7.98. The average molecular weight is 326 g/mol. The molecule has 5 heteroatoms. The molecule has 1 saturated heterocycles. The van der Waals surface area contributed by atoms with E-state index in [4.69, 9.17) is 11.6 Å². The van der Waals surface area contributed by atoms with Crippen molar-refractivity contribution in [2.75, 3.05) is 31.1 Å². The maximum Gasteiger partial charge on any atom is 0.0410 e. The van der Waals surface area contributed by atoms with Crippen LogP contribution in [0.15, 0.2) is 18.2 Å². The lowest BCUT2D eigenvalue weighted by atomic mass is 9.85. The fourth-order valence-corrected chi connectivity index (χ4v) is 2.46. The molecule has 0 spiro atoms. The lowest BCUT2D eigenvalue weighted by Gasteiger charge is -2.34. The first kappa shape index (κ1) is 18.9. The molecule has 1 fully saturated rings. The lowest BCUT2D eigenvalue weighted by molar-refractivity contribution is 0.563. The van der Waals surface area contributed by atoms with Gasteiger partial charge in [0.25, 0.3) is 0 Å². The summed E-state index contributed by atoms with van der Waals surface area (Å²) in [5, 5.41) is 4.21. The summed E-state index contributed by atoms with van der Waals surface area (Å²) in [7, 11) is 0. The third-order valence-electron chi connectivity index (χ3n) is 3.22. The Hall–Kier alpha value is -0.150. The molecule has 1 aliphatic heterocycles. The van der Waals surface area contributed by atoms with Gasteiger partial charge in [-0.05, 0) is 29.2 Å². The van der Waals surface area contributed by atoms with Crippen LogP contribution in [-0.2, 0) is 5.41 Å². The molecule has 1 aromatic rings. The zero-order valence-corrected chi connectivity index (χ0v) is 14.1. The van der Waals surface area contributed by atoms with Gasteiger partial charge in [0.15, 0.2) is 0 Å².